The van der Waals surface area contributed by atoms with Crippen LogP contribution in [0, 0.1) is 5.92 Å². The maximum atomic E-state index is 11.3. The van der Waals surface area contributed by atoms with E-state index in [4.69, 9.17) is 5.73 Å². The first-order valence-corrected chi connectivity index (χ1v) is 6.24. The fourth-order valence-electron chi connectivity index (χ4n) is 2.44. The largest absolute Gasteiger partial charge is 0.478 e. The van der Waals surface area contributed by atoms with Crippen LogP contribution in [0.25, 0.3) is 0 Å². The van der Waals surface area contributed by atoms with Crippen LogP contribution in [0.3, 0.4) is 0 Å². The molecule has 2 atom stereocenters. The summed E-state index contributed by atoms with van der Waals surface area (Å²) < 4.78 is 0. The predicted octanol–water partition coefficient (Wildman–Crippen LogP) is 1.99. The summed E-state index contributed by atoms with van der Waals surface area (Å²) in [6.45, 7) is 5.13. The Morgan fingerprint density at radius 3 is 2.89 bits per heavy atom. The molecule has 0 bridgehead atoms. The number of carboxylic acids is 1. The minimum absolute atomic E-state index is 0.191. The lowest BCUT2D eigenvalue weighted by atomic mass is 9.94. The Balaban J connectivity index is 2.40. The fourth-order valence-corrected chi connectivity index (χ4v) is 2.44. The van der Waals surface area contributed by atoms with Gasteiger partial charge in [0.1, 0.15) is 11.4 Å². The zero-order valence-electron chi connectivity index (χ0n) is 10.8. The van der Waals surface area contributed by atoms with Gasteiger partial charge >= 0.3 is 5.97 Å². The van der Waals surface area contributed by atoms with Gasteiger partial charge in [-0.2, -0.15) is 0 Å². The van der Waals surface area contributed by atoms with Crippen molar-refractivity contribution in [1.82, 2.24) is 4.98 Å². The molecule has 0 amide bonds. The normalized spacial score (nSPS) is 24.0. The van der Waals surface area contributed by atoms with E-state index in [2.05, 4.69) is 23.7 Å². The quantitative estimate of drug-likeness (QED) is 0.837. The van der Waals surface area contributed by atoms with Gasteiger partial charge in [0.2, 0.25) is 0 Å². The number of hydrogen-bond donors (Lipinski definition) is 2. The molecule has 0 aliphatic carbocycles. The van der Waals surface area contributed by atoms with E-state index in [9.17, 15) is 9.90 Å². The third-order valence-corrected chi connectivity index (χ3v) is 3.51. The lowest BCUT2D eigenvalue weighted by Gasteiger charge is -2.38. The molecule has 98 valence electrons. The van der Waals surface area contributed by atoms with Crippen molar-refractivity contribution in [2.45, 2.75) is 32.7 Å². The Kier molecular flexibility index (Phi) is 3.41. The van der Waals surface area contributed by atoms with Crippen molar-refractivity contribution >= 4 is 17.5 Å². The van der Waals surface area contributed by atoms with Crippen molar-refractivity contribution in [3.63, 3.8) is 0 Å². The maximum Gasteiger partial charge on any atom is 0.339 e. The highest BCUT2D eigenvalue weighted by atomic mass is 16.4. The second-order valence-corrected chi connectivity index (χ2v) is 5.13. The number of nitrogen functional groups attached to an aromatic ring is 1. The van der Waals surface area contributed by atoms with Gasteiger partial charge in [-0.05, 0) is 31.7 Å². The number of aromatic nitrogens is 1. The molecular weight excluding hydrogens is 230 g/mol. The molecule has 5 nitrogen and oxygen atoms in total. The standard InChI is InChI=1S/C13H19N3O2/c1-8-3-4-9(2)16(7-8)12-11(13(17)18)5-10(14)6-15-12/h5-6,8-9H,3-4,7,14H2,1-2H3,(H,17,18). The van der Waals surface area contributed by atoms with Crippen molar-refractivity contribution in [3.8, 4) is 0 Å². The first-order valence-electron chi connectivity index (χ1n) is 6.24. The first kappa shape index (κ1) is 12.7. The highest BCUT2D eigenvalue weighted by molar-refractivity contribution is 5.94. The van der Waals surface area contributed by atoms with E-state index in [-0.39, 0.29) is 5.56 Å². The molecule has 2 heterocycles. The molecule has 2 rings (SSSR count). The number of nitrogens with zero attached hydrogens (tertiary/aromatic N) is 2. The molecule has 18 heavy (non-hydrogen) atoms. The van der Waals surface area contributed by atoms with Gasteiger partial charge in [-0.3, -0.25) is 0 Å². The van der Waals surface area contributed by atoms with Crippen LogP contribution in [-0.4, -0.2) is 28.6 Å². The van der Waals surface area contributed by atoms with Crippen molar-refractivity contribution in [3.05, 3.63) is 17.8 Å². The van der Waals surface area contributed by atoms with E-state index < -0.39 is 5.97 Å². The number of nitrogens with two attached hydrogens (primary N) is 1. The van der Waals surface area contributed by atoms with Crippen LogP contribution in [0.15, 0.2) is 12.3 Å². The van der Waals surface area contributed by atoms with Gasteiger partial charge in [-0.1, -0.05) is 6.92 Å². The zero-order chi connectivity index (χ0) is 13.3. The Bertz CT molecular complexity index is 462. The monoisotopic (exact) mass is 249 g/mol. The molecule has 1 aliphatic rings. The Morgan fingerprint density at radius 2 is 2.22 bits per heavy atom. The van der Waals surface area contributed by atoms with E-state index in [0.29, 0.717) is 23.5 Å². The van der Waals surface area contributed by atoms with Gasteiger partial charge in [0.15, 0.2) is 0 Å². The van der Waals surface area contributed by atoms with Crippen LogP contribution in [0.4, 0.5) is 11.5 Å². The number of pyridine rings is 1. The molecule has 1 saturated heterocycles. The summed E-state index contributed by atoms with van der Waals surface area (Å²) in [5.41, 5.74) is 6.19. The average Bonchev–Trinajstić information content (AvgIpc) is 2.32. The van der Waals surface area contributed by atoms with Crippen LogP contribution < -0.4 is 10.6 Å². The number of anilines is 2. The second-order valence-electron chi connectivity index (χ2n) is 5.13. The number of piperidine rings is 1. The fraction of sp³-hybridized carbons (Fsp3) is 0.538. The van der Waals surface area contributed by atoms with Crippen LogP contribution in [0.5, 0.6) is 0 Å². The lowest BCUT2D eigenvalue weighted by molar-refractivity contribution is 0.0697. The van der Waals surface area contributed by atoms with Gasteiger partial charge in [0.05, 0.1) is 11.9 Å². The summed E-state index contributed by atoms with van der Waals surface area (Å²) in [5, 5.41) is 9.25. The third kappa shape index (κ3) is 2.39. The molecule has 1 aromatic rings. The highest BCUT2D eigenvalue weighted by Gasteiger charge is 2.27. The molecule has 5 heteroatoms. The number of hydrogen-bond acceptors (Lipinski definition) is 4. The summed E-state index contributed by atoms with van der Waals surface area (Å²) >= 11 is 0. The minimum atomic E-state index is -0.977. The summed E-state index contributed by atoms with van der Waals surface area (Å²) in [4.78, 5) is 17.6. The van der Waals surface area contributed by atoms with Crippen LogP contribution in [0.1, 0.15) is 37.0 Å². The van der Waals surface area contributed by atoms with E-state index in [1.165, 1.54) is 18.7 Å². The summed E-state index contributed by atoms with van der Waals surface area (Å²) in [7, 11) is 0. The second kappa shape index (κ2) is 4.84. The predicted molar refractivity (Wildman–Crippen MR) is 70.8 cm³/mol. The SMILES string of the molecule is CC1CCC(C)N(c2ncc(N)cc2C(=O)O)C1. The van der Waals surface area contributed by atoms with Crippen molar-refractivity contribution in [1.29, 1.82) is 0 Å². The van der Waals surface area contributed by atoms with Gasteiger partial charge < -0.3 is 15.7 Å². The smallest absolute Gasteiger partial charge is 0.339 e. The Hall–Kier alpha value is -1.78. The Labute approximate surface area is 107 Å². The van der Waals surface area contributed by atoms with Crippen molar-refractivity contribution < 1.29 is 9.90 Å². The highest BCUT2D eigenvalue weighted by Crippen LogP contribution is 2.29. The van der Waals surface area contributed by atoms with E-state index >= 15 is 0 Å². The average molecular weight is 249 g/mol. The molecule has 1 aromatic heterocycles. The van der Waals surface area contributed by atoms with Gasteiger partial charge in [-0.25, -0.2) is 9.78 Å². The Morgan fingerprint density at radius 1 is 1.50 bits per heavy atom. The molecular formula is C13H19N3O2. The summed E-state index contributed by atoms with van der Waals surface area (Å²) in [5.74, 6) is 0.119. The third-order valence-electron chi connectivity index (χ3n) is 3.51. The topological polar surface area (TPSA) is 79.5 Å². The molecule has 1 aliphatic heterocycles. The summed E-state index contributed by atoms with van der Waals surface area (Å²) in [6.07, 6.45) is 3.76. The molecule has 0 aromatic carbocycles. The molecule has 0 radical (unpaired) electrons. The zero-order valence-corrected chi connectivity index (χ0v) is 10.8. The van der Waals surface area contributed by atoms with E-state index in [1.807, 2.05) is 0 Å². The van der Waals surface area contributed by atoms with E-state index in [0.717, 1.165) is 13.0 Å². The van der Waals surface area contributed by atoms with Gasteiger partial charge in [0.25, 0.3) is 0 Å². The molecule has 1 fully saturated rings. The van der Waals surface area contributed by atoms with Crippen LogP contribution in [0.2, 0.25) is 0 Å². The van der Waals surface area contributed by atoms with Crippen molar-refractivity contribution in [2.24, 2.45) is 5.92 Å². The van der Waals surface area contributed by atoms with Crippen molar-refractivity contribution in [2.75, 3.05) is 17.2 Å². The van der Waals surface area contributed by atoms with Crippen LogP contribution in [-0.2, 0) is 0 Å². The molecule has 3 N–H and O–H groups in total. The number of rotatable bonds is 2. The number of aromatic carboxylic acids is 1. The first-order chi connectivity index (χ1) is 8.49. The molecule has 2 unspecified atom stereocenters. The van der Waals surface area contributed by atoms with Gasteiger partial charge in [-0.15, -0.1) is 0 Å². The molecule has 0 saturated carbocycles. The number of carbonyl (C=O) groups is 1. The minimum Gasteiger partial charge on any atom is -0.478 e. The maximum absolute atomic E-state index is 11.3. The lowest BCUT2D eigenvalue weighted by Crippen LogP contribution is -2.42. The van der Waals surface area contributed by atoms with Gasteiger partial charge in [0, 0.05) is 12.6 Å². The van der Waals surface area contributed by atoms with Crippen LogP contribution >= 0.6 is 0 Å². The molecule has 0 spiro atoms. The summed E-state index contributed by atoms with van der Waals surface area (Å²) in [6, 6.07) is 1.80. The van der Waals surface area contributed by atoms with E-state index in [1.54, 1.807) is 0 Å². The number of carboxylic acid groups (broad SMARTS) is 1.